The van der Waals surface area contributed by atoms with Crippen LogP contribution in [0.15, 0.2) is 47.3 Å². The first-order valence-electron chi connectivity index (χ1n) is 6.58. The third-order valence-corrected chi connectivity index (χ3v) is 3.90. The standard InChI is InChI=1S/C16H14ClN3O/c1-10-13(17)9-8-12-14(10)20(11-6-4-3-5-7-11)16(21)19-15(12)18-2/h3-9H,1-2H3,(H,18,19,21). The molecule has 0 aliphatic rings. The summed E-state index contributed by atoms with van der Waals surface area (Å²) in [6.45, 7) is 1.91. The van der Waals surface area contributed by atoms with Gasteiger partial charge in [0.25, 0.3) is 0 Å². The maximum Gasteiger partial charge on any atom is 0.354 e. The van der Waals surface area contributed by atoms with Crippen LogP contribution >= 0.6 is 11.6 Å². The summed E-state index contributed by atoms with van der Waals surface area (Å²) in [5.41, 5.74) is 2.07. The van der Waals surface area contributed by atoms with E-state index in [0.717, 1.165) is 22.2 Å². The SMILES string of the molecule is CNc1nc(=O)n(-c2ccccc2)c2c(C)c(Cl)ccc12. The molecule has 5 heteroatoms. The second kappa shape index (κ2) is 5.22. The van der Waals surface area contributed by atoms with E-state index in [0.29, 0.717) is 10.8 Å². The van der Waals surface area contributed by atoms with Crippen molar-refractivity contribution in [2.75, 3.05) is 12.4 Å². The van der Waals surface area contributed by atoms with Crippen LogP contribution < -0.4 is 11.0 Å². The van der Waals surface area contributed by atoms with E-state index in [1.807, 2.05) is 49.4 Å². The molecule has 3 aromatic rings. The number of nitrogens with zero attached hydrogens (tertiary/aromatic N) is 2. The van der Waals surface area contributed by atoms with Crippen LogP contribution in [-0.2, 0) is 0 Å². The molecule has 0 aliphatic heterocycles. The van der Waals surface area contributed by atoms with Gasteiger partial charge in [0.05, 0.1) is 11.2 Å². The molecule has 0 radical (unpaired) electrons. The number of aromatic nitrogens is 2. The van der Waals surface area contributed by atoms with Crippen LogP contribution in [0.1, 0.15) is 5.56 Å². The Bertz CT molecular complexity index is 872. The van der Waals surface area contributed by atoms with Gasteiger partial charge in [0.1, 0.15) is 5.82 Å². The van der Waals surface area contributed by atoms with Gasteiger partial charge in [-0.25, -0.2) is 4.79 Å². The number of rotatable bonds is 2. The van der Waals surface area contributed by atoms with Gasteiger partial charge in [-0.05, 0) is 36.8 Å². The largest absolute Gasteiger partial charge is 0.372 e. The van der Waals surface area contributed by atoms with Gasteiger partial charge in [0, 0.05) is 17.5 Å². The van der Waals surface area contributed by atoms with Crippen LogP contribution in [0.2, 0.25) is 5.02 Å². The number of nitrogens with one attached hydrogen (secondary N) is 1. The number of hydrogen-bond donors (Lipinski definition) is 1. The molecule has 0 spiro atoms. The third kappa shape index (κ3) is 2.17. The fourth-order valence-electron chi connectivity index (χ4n) is 2.46. The Kier molecular flexibility index (Phi) is 3.39. The molecule has 3 rings (SSSR count). The van der Waals surface area contributed by atoms with E-state index in [-0.39, 0.29) is 5.69 Å². The van der Waals surface area contributed by atoms with Crippen molar-refractivity contribution in [3.05, 3.63) is 63.5 Å². The lowest BCUT2D eigenvalue weighted by Gasteiger charge is -2.15. The van der Waals surface area contributed by atoms with E-state index in [1.54, 1.807) is 11.6 Å². The van der Waals surface area contributed by atoms with E-state index in [1.165, 1.54) is 0 Å². The Balaban J connectivity index is 2.53. The van der Waals surface area contributed by atoms with Gasteiger partial charge in [-0.2, -0.15) is 4.98 Å². The molecule has 0 unspecified atom stereocenters. The molecule has 4 nitrogen and oxygen atoms in total. The predicted octanol–water partition coefficient (Wildman–Crippen LogP) is 3.39. The summed E-state index contributed by atoms with van der Waals surface area (Å²) in [6.07, 6.45) is 0. The summed E-state index contributed by atoms with van der Waals surface area (Å²) >= 11 is 6.24. The molecule has 106 valence electrons. The van der Waals surface area contributed by atoms with Crippen molar-refractivity contribution in [2.24, 2.45) is 0 Å². The average molecular weight is 300 g/mol. The molecule has 0 fully saturated rings. The second-order valence-corrected chi connectivity index (χ2v) is 5.14. The number of anilines is 1. The second-order valence-electron chi connectivity index (χ2n) is 4.73. The van der Waals surface area contributed by atoms with Crippen LogP contribution in [0.25, 0.3) is 16.6 Å². The molecule has 0 saturated carbocycles. The third-order valence-electron chi connectivity index (χ3n) is 3.49. The van der Waals surface area contributed by atoms with Gasteiger partial charge < -0.3 is 5.32 Å². The lowest BCUT2D eigenvalue weighted by Crippen LogP contribution is -2.23. The Morgan fingerprint density at radius 1 is 1.14 bits per heavy atom. The van der Waals surface area contributed by atoms with Gasteiger partial charge in [0.2, 0.25) is 0 Å². The molecule has 2 aromatic carbocycles. The van der Waals surface area contributed by atoms with Crippen LogP contribution in [0.3, 0.4) is 0 Å². The Labute approximate surface area is 127 Å². The maximum absolute atomic E-state index is 12.4. The van der Waals surface area contributed by atoms with E-state index in [9.17, 15) is 4.79 Å². The van der Waals surface area contributed by atoms with Gasteiger partial charge in [-0.3, -0.25) is 4.57 Å². The minimum atomic E-state index is -0.330. The highest BCUT2D eigenvalue weighted by molar-refractivity contribution is 6.32. The quantitative estimate of drug-likeness (QED) is 0.789. The fraction of sp³-hybridized carbons (Fsp3) is 0.125. The molecule has 0 saturated heterocycles. The molecule has 1 N–H and O–H groups in total. The molecule has 1 heterocycles. The number of benzene rings is 2. The lowest BCUT2D eigenvalue weighted by molar-refractivity contribution is 0.957. The number of para-hydroxylation sites is 1. The highest BCUT2D eigenvalue weighted by Crippen LogP contribution is 2.29. The molecule has 1 aromatic heterocycles. The summed E-state index contributed by atoms with van der Waals surface area (Å²) < 4.78 is 1.59. The van der Waals surface area contributed by atoms with Crippen molar-refractivity contribution >= 4 is 28.3 Å². The molecule has 0 amide bonds. The summed E-state index contributed by atoms with van der Waals surface area (Å²) in [7, 11) is 1.75. The Morgan fingerprint density at radius 2 is 1.86 bits per heavy atom. The number of fused-ring (bicyclic) bond motifs is 1. The van der Waals surface area contributed by atoms with Gasteiger partial charge in [-0.15, -0.1) is 0 Å². The van der Waals surface area contributed by atoms with Crippen molar-refractivity contribution in [1.82, 2.24) is 9.55 Å². The zero-order chi connectivity index (χ0) is 15.0. The normalized spacial score (nSPS) is 10.8. The number of aryl methyl sites for hydroxylation is 1. The highest BCUT2D eigenvalue weighted by Gasteiger charge is 2.14. The molecular formula is C16H14ClN3O. The van der Waals surface area contributed by atoms with Crippen molar-refractivity contribution in [2.45, 2.75) is 6.92 Å². The first kappa shape index (κ1) is 13.6. The Hall–Kier alpha value is -2.33. The minimum absolute atomic E-state index is 0.330. The maximum atomic E-state index is 12.4. The van der Waals surface area contributed by atoms with Crippen LogP contribution in [0, 0.1) is 6.92 Å². The minimum Gasteiger partial charge on any atom is -0.372 e. The zero-order valence-corrected chi connectivity index (χ0v) is 12.5. The number of hydrogen-bond acceptors (Lipinski definition) is 3. The summed E-state index contributed by atoms with van der Waals surface area (Å²) in [4.78, 5) is 16.6. The molecule has 0 atom stereocenters. The first-order chi connectivity index (χ1) is 10.1. The monoisotopic (exact) mass is 299 g/mol. The smallest absolute Gasteiger partial charge is 0.354 e. The summed E-state index contributed by atoms with van der Waals surface area (Å²) in [5.74, 6) is 0.557. The van der Waals surface area contributed by atoms with Crippen molar-refractivity contribution in [1.29, 1.82) is 0 Å². The van der Waals surface area contributed by atoms with Crippen LogP contribution in [-0.4, -0.2) is 16.6 Å². The van der Waals surface area contributed by atoms with Crippen molar-refractivity contribution in [3.8, 4) is 5.69 Å². The summed E-state index contributed by atoms with van der Waals surface area (Å²) in [6, 6.07) is 13.1. The van der Waals surface area contributed by atoms with E-state index in [4.69, 9.17) is 11.6 Å². The molecular weight excluding hydrogens is 286 g/mol. The molecule has 0 aliphatic carbocycles. The van der Waals surface area contributed by atoms with E-state index >= 15 is 0 Å². The molecule has 0 bridgehead atoms. The van der Waals surface area contributed by atoms with E-state index < -0.39 is 0 Å². The van der Waals surface area contributed by atoms with Crippen molar-refractivity contribution in [3.63, 3.8) is 0 Å². The molecule has 21 heavy (non-hydrogen) atoms. The summed E-state index contributed by atoms with van der Waals surface area (Å²) in [5, 5.41) is 4.46. The first-order valence-corrected chi connectivity index (χ1v) is 6.96. The predicted molar refractivity (Wildman–Crippen MR) is 86.6 cm³/mol. The van der Waals surface area contributed by atoms with Gasteiger partial charge in [-0.1, -0.05) is 29.8 Å². The fourth-order valence-corrected chi connectivity index (χ4v) is 2.62. The van der Waals surface area contributed by atoms with Gasteiger partial charge in [0.15, 0.2) is 0 Å². The zero-order valence-electron chi connectivity index (χ0n) is 11.7. The lowest BCUT2D eigenvalue weighted by atomic mass is 10.1. The topological polar surface area (TPSA) is 46.9 Å². The Morgan fingerprint density at radius 3 is 2.52 bits per heavy atom. The van der Waals surface area contributed by atoms with Crippen molar-refractivity contribution < 1.29 is 0 Å². The average Bonchev–Trinajstić information content (AvgIpc) is 2.51. The highest BCUT2D eigenvalue weighted by atomic mass is 35.5. The number of halogens is 1. The van der Waals surface area contributed by atoms with Gasteiger partial charge >= 0.3 is 5.69 Å². The van der Waals surface area contributed by atoms with Crippen LogP contribution in [0.5, 0.6) is 0 Å². The van der Waals surface area contributed by atoms with Crippen LogP contribution in [0.4, 0.5) is 5.82 Å². The van der Waals surface area contributed by atoms with E-state index in [2.05, 4.69) is 10.3 Å².